The molecule has 3 aromatic rings. The molecule has 1 saturated heterocycles. The van der Waals surface area contributed by atoms with E-state index < -0.39 is 17.4 Å². The number of rotatable bonds is 8. The monoisotopic (exact) mass is 583 g/mol. The van der Waals surface area contributed by atoms with Crippen LogP contribution in [0.15, 0.2) is 36.7 Å². The number of piperidine rings is 1. The maximum atomic E-state index is 15.1. The minimum absolute atomic E-state index is 0.134. The van der Waals surface area contributed by atoms with Crippen LogP contribution in [0, 0.1) is 30.9 Å². The van der Waals surface area contributed by atoms with Crippen LogP contribution in [0.3, 0.4) is 0 Å². The van der Waals surface area contributed by atoms with Gasteiger partial charge in [-0.3, -0.25) is 9.78 Å². The molecule has 7 nitrogen and oxygen atoms in total. The van der Waals surface area contributed by atoms with E-state index >= 15 is 4.39 Å². The van der Waals surface area contributed by atoms with Crippen LogP contribution in [0.1, 0.15) is 69.8 Å². The number of pyridine rings is 2. The van der Waals surface area contributed by atoms with Gasteiger partial charge in [0.15, 0.2) is 5.82 Å². The van der Waals surface area contributed by atoms with Crippen molar-refractivity contribution in [3.63, 3.8) is 0 Å². The van der Waals surface area contributed by atoms with Crippen LogP contribution < -0.4 is 9.64 Å². The molecule has 42 heavy (non-hydrogen) atoms. The Labute approximate surface area is 247 Å². The number of ether oxygens (including phenoxy) is 1. The Morgan fingerprint density at radius 3 is 2.31 bits per heavy atom. The first kappa shape index (κ1) is 32.9. The third kappa shape index (κ3) is 9.48. The Kier molecular flexibility index (Phi) is 10.7. The van der Waals surface area contributed by atoms with Crippen molar-refractivity contribution in [1.82, 2.24) is 9.97 Å². The Hall–Kier alpha value is -3.59. The number of halogens is 2. The molecule has 4 rings (SSSR count). The number of aromatic nitrogens is 2. The van der Waals surface area contributed by atoms with Gasteiger partial charge in [-0.2, -0.15) is 0 Å². The standard InChI is InChI=1S/C29H33F2N3O3.C4H10O/c1-18-5-6-22(30)13-20(18)7-12-37-28-25(31)14-21(16-33-28)24-17-32-19(2)23(15-26(35)36)27(24)34-10-8-29(3,4)9-11-34;1-4(2,3)5/h5-6,13-14,16-17H,7-12,15H2,1-4H3,(H,35,36);5H,1-3H3. The molecule has 1 aliphatic heterocycles. The fourth-order valence-electron chi connectivity index (χ4n) is 4.75. The third-order valence-electron chi connectivity index (χ3n) is 7.17. The van der Waals surface area contributed by atoms with Gasteiger partial charge in [0, 0.05) is 54.3 Å². The van der Waals surface area contributed by atoms with Crippen LogP contribution in [-0.4, -0.2) is 51.4 Å². The van der Waals surface area contributed by atoms with Gasteiger partial charge in [-0.05, 0) is 82.2 Å². The predicted octanol–water partition coefficient (Wildman–Crippen LogP) is 6.69. The molecule has 0 radical (unpaired) electrons. The smallest absolute Gasteiger partial charge is 0.307 e. The van der Waals surface area contributed by atoms with Crippen molar-refractivity contribution >= 4 is 11.7 Å². The lowest BCUT2D eigenvalue weighted by molar-refractivity contribution is -0.136. The van der Waals surface area contributed by atoms with E-state index in [0.29, 0.717) is 28.8 Å². The van der Waals surface area contributed by atoms with Crippen LogP contribution in [0.25, 0.3) is 11.1 Å². The van der Waals surface area contributed by atoms with Crippen LogP contribution in [0.5, 0.6) is 5.88 Å². The molecule has 0 bridgehead atoms. The molecule has 0 aliphatic carbocycles. The Morgan fingerprint density at radius 2 is 1.71 bits per heavy atom. The van der Waals surface area contributed by atoms with Crippen LogP contribution >= 0.6 is 0 Å². The van der Waals surface area contributed by atoms with Gasteiger partial charge in [0.2, 0.25) is 5.88 Å². The van der Waals surface area contributed by atoms with E-state index in [1.54, 1.807) is 40.0 Å². The molecule has 0 spiro atoms. The molecule has 1 aromatic carbocycles. The van der Waals surface area contributed by atoms with Crippen molar-refractivity contribution in [2.75, 3.05) is 24.6 Å². The maximum Gasteiger partial charge on any atom is 0.307 e. The van der Waals surface area contributed by atoms with E-state index in [-0.39, 0.29) is 30.1 Å². The van der Waals surface area contributed by atoms with E-state index in [1.807, 2.05) is 6.92 Å². The summed E-state index contributed by atoms with van der Waals surface area (Å²) < 4.78 is 34.2. The summed E-state index contributed by atoms with van der Waals surface area (Å²) in [7, 11) is 0. The largest absolute Gasteiger partial charge is 0.481 e. The minimum Gasteiger partial charge on any atom is -0.481 e. The second kappa shape index (κ2) is 13.6. The number of anilines is 1. The second-order valence-corrected chi connectivity index (χ2v) is 12.7. The SMILES string of the molecule is CC(C)(C)O.Cc1ccc(F)cc1CCOc1ncc(-c2cnc(C)c(CC(=O)O)c2N2CCC(C)(C)CC2)cc1F. The number of hydrogen-bond donors (Lipinski definition) is 2. The van der Waals surface area contributed by atoms with E-state index in [2.05, 4.69) is 28.7 Å². The molecule has 2 aromatic heterocycles. The molecular weight excluding hydrogens is 540 g/mol. The summed E-state index contributed by atoms with van der Waals surface area (Å²) in [5, 5.41) is 18.1. The lowest BCUT2D eigenvalue weighted by atomic mass is 9.82. The molecule has 1 fully saturated rings. The summed E-state index contributed by atoms with van der Waals surface area (Å²) in [6.07, 6.45) is 5.37. The Balaban J connectivity index is 0.000000892. The van der Waals surface area contributed by atoms with Gasteiger partial charge < -0.3 is 19.8 Å². The molecule has 228 valence electrons. The zero-order valence-corrected chi connectivity index (χ0v) is 25.7. The van der Waals surface area contributed by atoms with Gasteiger partial charge in [-0.1, -0.05) is 19.9 Å². The van der Waals surface area contributed by atoms with Crippen LogP contribution in [0.2, 0.25) is 0 Å². The highest BCUT2D eigenvalue weighted by molar-refractivity contribution is 5.84. The van der Waals surface area contributed by atoms with Gasteiger partial charge in [0.25, 0.3) is 0 Å². The van der Waals surface area contributed by atoms with E-state index in [1.165, 1.54) is 24.4 Å². The highest BCUT2D eigenvalue weighted by Gasteiger charge is 2.29. The number of carbonyl (C=O) groups is 1. The number of carboxylic acids is 1. The van der Waals surface area contributed by atoms with Gasteiger partial charge in [-0.15, -0.1) is 0 Å². The van der Waals surface area contributed by atoms with E-state index in [9.17, 15) is 14.3 Å². The van der Waals surface area contributed by atoms with Crippen molar-refractivity contribution in [3.05, 3.63) is 70.7 Å². The maximum absolute atomic E-state index is 15.1. The van der Waals surface area contributed by atoms with Crippen LogP contribution in [0.4, 0.5) is 14.5 Å². The van der Waals surface area contributed by atoms with Crippen molar-refractivity contribution < 1.29 is 28.5 Å². The number of nitrogens with zero attached hydrogens (tertiary/aromatic N) is 3. The molecule has 0 saturated carbocycles. The number of aliphatic hydroxyl groups is 1. The fourth-order valence-corrected chi connectivity index (χ4v) is 4.75. The average molecular weight is 584 g/mol. The first-order chi connectivity index (χ1) is 19.5. The highest BCUT2D eigenvalue weighted by atomic mass is 19.1. The van der Waals surface area contributed by atoms with Gasteiger partial charge in [0.05, 0.1) is 24.3 Å². The number of hydrogen-bond acceptors (Lipinski definition) is 6. The topological polar surface area (TPSA) is 95.8 Å². The summed E-state index contributed by atoms with van der Waals surface area (Å²) >= 11 is 0. The van der Waals surface area contributed by atoms with E-state index in [0.717, 1.165) is 42.7 Å². The normalized spacial score (nSPS) is 14.7. The zero-order valence-electron chi connectivity index (χ0n) is 25.7. The van der Waals surface area contributed by atoms with E-state index in [4.69, 9.17) is 9.84 Å². The fraction of sp³-hybridized carbons (Fsp3) is 0.485. The summed E-state index contributed by atoms with van der Waals surface area (Å²) in [5.74, 6) is -2.03. The quantitative estimate of drug-likeness (QED) is 0.305. The van der Waals surface area contributed by atoms with Crippen LogP contribution in [-0.2, 0) is 17.6 Å². The molecule has 3 heterocycles. The molecule has 0 atom stereocenters. The first-order valence-corrected chi connectivity index (χ1v) is 14.3. The highest BCUT2D eigenvalue weighted by Crippen LogP contribution is 2.40. The number of aryl methyl sites for hydroxylation is 2. The molecule has 2 N–H and O–H groups in total. The number of benzene rings is 1. The first-order valence-electron chi connectivity index (χ1n) is 14.3. The number of aliphatic carboxylic acids is 1. The lowest BCUT2D eigenvalue weighted by Crippen LogP contribution is -2.38. The summed E-state index contributed by atoms with van der Waals surface area (Å²) in [6, 6.07) is 5.91. The zero-order chi connectivity index (χ0) is 31.2. The Morgan fingerprint density at radius 1 is 1.07 bits per heavy atom. The summed E-state index contributed by atoms with van der Waals surface area (Å²) in [6.45, 7) is 15.1. The summed E-state index contributed by atoms with van der Waals surface area (Å²) in [4.78, 5) is 22.5. The van der Waals surface area contributed by atoms with Gasteiger partial charge in [-0.25, -0.2) is 13.8 Å². The molecule has 0 unspecified atom stereocenters. The van der Waals surface area contributed by atoms with Crippen molar-refractivity contribution in [2.45, 2.75) is 79.8 Å². The summed E-state index contributed by atoms with van der Waals surface area (Å²) in [5.41, 5.74) is 4.65. The van der Waals surface area contributed by atoms with Gasteiger partial charge >= 0.3 is 5.97 Å². The number of carboxylic acid groups (broad SMARTS) is 1. The third-order valence-corrected chi connectivity index (χ3v) is 7.17. The molecule has 1 aliphatic rings. The predicted molar refractivity (Wildman–Crippen MR) is 161 cm³/mol. The molecule has 0 amide bonds. The molecule has 9 heteroatoms. The van der Waals surface area contributed by atoms with Gasteiger partial charge in [0.1, 0.15) is 5.82 Å². The second-order valence-electron chi connectivity index (χ2n) is 12.7. The average Bonchev–Trinajstić information content (AvgIpc) is 2.87. The molecular formula is C33H43F2N3O4. The van der Waals surface area contributed by atoms with Crippen molar-refractivity contribution in [1.29, 1.82) is 0 Å². The minimum atomic E-state index is -0.942. The van der Waals surface area contributed by atoms with Crippen molar-refractivity contribution in [3.8, 4) is 17.0 Å². The lowest BCUT2D eigenvalue weighted by Gasteiger charge is -2.40. The Bertz CT molecular complexity index is 1390. The van der Waals surface area contributed by atoms with Crippen molar-refractivity contribution in [2.24, 2.45) is 5.41 Å².